The second kappa shape index (κ2) is 20.6. The third kappa shape index (κ3) is 13.8. The zero-order valence-corrected chi connectivity index (χ0v) is 28.6. The van der Waals surface area contributed by atoms with E-state index in [0.717, 1.165) is 99.4 Å². The molecule has 14 heteroatoms. The molecule has 48 heavy (non-hydrogen) atoms. The molecule has 0 amide bonds. The van der Waals surface area contributed by atoms with E-state index in [1.54, 1.807) is 12.3 Å². The van der Waals surface area contributed by atoms with Gasteiger partial charge in [-0.1, -0.05) is 40.2 Å². The quantitative estimate of drug-likeness (QED) is 0.177. The van der Waals surface area contributed by atoms with Gasteiger partial charge >= 0.3 is 7.12 Å². The Morgan fingerprint density at radius 3 is 1.73 bits per heavy atom. The van der Waals surface area contributed by atoms with Crippen LogP contribution in [0.25, 0.3) is 11.1 Å². The maximum absolute atomic E-state index is 8.59. The predicted molar refractivity (Wildman–Crippen MR) is 192 cm³/mol. The number of anilines is 2. The molecule has 2 aliphatic heterocycles. The number of pyridine rings is 2. The molecule has 2 fully saturated rings. The van der Waals surface area contributed by atoms with Crippen molar-refractivity contribution < 1.29 is 29.0 Å². The number of nitrogen functional groups attached to an aromatic ring is 2. The fraction of sp³-hybridized carbons (Fsp3) is 0.353. The van der Waals surface area contributed by atoms with E-state index in [2.05, 4.69) is 35.7 Å². The molecule has 2 aromatic carbocycles. The highest BCUT2D eigenvalue weighted by atomic mass is 79.9. The molecule has 6 N–H and O–H groups in total. The number of morpholine rings is 2. The average Bonchev–Trinajstić information content (AvgIpc) is 3.11. The van der Waals surface area contributed by atoms with Crippen LogP contribution in [0.4, 0.5) is 11.6 Å². The molecule has 2 saturated heterocycles. The first-order chi connectivity index (χ1) is 23.4. The molecule has 6 rings (SSSR count). The van der Waals surface area contributed by atoms with Gasteiger partial charge in [-0.3, -0.25) is 9.80 Å². The van der Waals surface area contributed by atoms with Gasteiger partial charge in [-0.25, -0.2) is 9.97 Å². The maximum atomic E-state index is 8.59. The van der Waals surface area contributed by atoms with Crippen LogP contribution in [0.1, 0.15) is 0 Å². The molecule has 0 bridgehead atoms. The molecule has 0 spiro atoms. The van der Waals surface area contributed by atoms with E-state index in [0.29, 0.717) is 23.7 Å². The Hall–Kier alpha value is -3.76. The van der Waals surface area contributed by atoms with Crippen LogP contribution in [-0.2, 0) is 9.47 Å². The fourth-order valence-electron chi connectivity index (χ4n) is 4.70. The summed E-state index contributed by atoms with van der Waals surface area (Å²) in [5, 5.41) is 17.2. The number of aromatic nitrogens is 2. The summed E-state index contributed by atoms with van der Waals surface area (Å²) in [6.45, 7) is 10.6. The van der Waals surface area contributed by atoms with Gasteiger partial charge in [0.15, 0.2) is 0 Å². The number of nitrogens with two attached hydrogens (primary N) is 2. The topological polar surface area (TPSA) is 162 Å². The molecular weight excluding hydrogens is 679 g/mol. The predicted octanol–water partition coefficient (Wildman–Crippen LogP) is 2.55. The lowest BCUT2D eigenvalue weighted by Crippen LogP contribution is -2.38. The zero-order valence-electron chi connectivity index (χ0n) is 27.0. The SMILES string of the molecule is Brc1cccc(OCCN2CCOCC2)c1.Nc1ccc(-c2cccc(OCCN3CCOCC3)c2)cn1.Nc1ccc(B(O)O)cn1. The van der Waals surface area contributed by atoms with Crippen LogP contribution in [0.3, 0.4) is 0 Å². The highest BCUT2D eigenvalue weighted by Gasteiger charge is 2.11. The van der Waals surface area contributed by atoms with Gasteiger partial charge in [-0.15, -0.1) is 0 Å². The Kier molecular flexibility index (Phi) is 15.9. The summed E-state index contributed by atoms with van der Waals surface area (Å²) < 4.78 is 23.2. The summed E-state index contributed by atoms with van der Waals surface area (Å²) in [4.78, 5) is 12.5. The molecule has 12 nitrogen and oxygen atoms in total. The van der Waals surface area contributed by atoms with Gasteiger partial charge in [-0.05, 0) is 54.1 Å². The van der Waals surface area contributed by atoms with E-state index < -0.39 is 7.12 Å². The van der Waals surface area contributed by atoms with Gasteiger partial charge in [0.25, 0.3) is 0 Å². The van der Waals surface area contributed by atoms with E-state index in [1.807, 2.05) is 54.6 Å². The molecule has 2 aromatic heterocycles. The van der Waals surface area contributed by atoms with Crippen LogP contribution >= 0.6 is 15.9 Å². The molecule has 0 aliphatic carbocycles. The Bertz CT molecular complexity index is 1480. The van der Waals surface area contributed by atoms with Crippen molar-refractivity contribution >= 4 is 40.1 Å². The van der Waals surface area contributed by atoms with E-state index in [4.69, 9.17) is 40.5 Å². The monoisotopic (exact) mass is 722 g/mol. The normalized spacial score (nSPS) is 14.9. The van der Waals surface area contributed by atoms with Crippen LogP contribution in [0, 0.1) is 0 Å². The first kappa shape index (κ1) is 37.1. The molecule has 256 valence electrons. The second-order valence-corrected chi connectivity index (χ2v) is 11.9. The summed E-state index contributed by atoms with van der Waals surface area (Å²) in [5.41, 5.74) is 13.3. The summed E-state index contributed by atoms with van der Waals surface area (Å²) >= 11 is 3.42. The summed E-state index contributed by atoms with van der Waals surface area (Å²) in [5.74, 6) is 2.69. The van der Waals surface area contributed by atoms with Crippen LogP contribution in [0.2, 0.25) is 0 Å². The van der Waals surface area contributed by atoms with Crippen LogP contribution in [0.5, 0.6) is 11.5 Å². The Balaban J connectivity index is 0.000000175. The van der Waals surface area contributed by atoms with Gasteiger partial charge in [-0.2, -0.15) is 0 Å². The molecule has 0 unspecified atom stereocenters. The van der Waals surface area contributed by atoms with E-state index in [1.165, 1.54) is 18.3 Å². The number of nitrogens with zero attached hydrogens (tertiary/aromatic N) is 4. The molecule has 4 heterocycles. The minimum atomic E-state index is -1.46. The fourth-order valence-corrected chi connectivity index (χ4v) is 5.08. The second-order valence-electron chi connectivity index (χ2n) is 11.0. The molecule has 4 aromatic rings. The highest BCUT2D eigenvalue weighted by Crippen LogP contribution is 2.24. The van der Waals surface area contributed by atoms with Crippen molar-refractivity contribution in [3.05, 3.63) is 89.7 Å². The number of hydrogen-bond donors (Lipinski definition) is 4. The Morgan fingerprint density at radius 2 is 1.23 bits per heavy atom. The Morgan fingerprint density at radius 1 is 0.688 bits per heavy atom. The van der Waals surface area contributed by atoms with Gasteiger partial charge in [0.2, 0.25) is 0 Å². The summed E-state index contributed by atoms with van der Waals surface area (Å²) in [6.07, 6.45) is 3.10. The first-order valence-electron chi connectivity index (χ1n) is 15.9. The minimum absolute atomic E-state index is 0.342. The number of rotatable bonds is 10. The Labute approximate surface area is 290 Å². The van der Waals surface area contributed by atoms with Gasteiger partial charge in [0, 0.05) is 67.2 Å². The third-order valence-electron chi connectivity index (χ3n) is 7.42. The number of ether oxygens (including phenoxy) is 4. The lowest BCUT2D eigenvalue weighted by molar-refractivity contribution is 0.0321. The first-order valence-corrected chi connectivity index (χ1v) is 16.7. The largest absolute Gasteiger partial charge is 0.492 e. The average molecular weight is 723 g/mol. The van der Waals surface area contributed by atoms with Crippen LogP contribution in [0.15, 0.2) is 89.7 Å². The van der Waals surface area contributed by atoms with E-state index >= 15 is 0 Å². The van der Waals surface area contributed by atoms with Gasteiger partial charge in [0.1, 0.15) is 36.3 Å². The van der Waals surface area contributed by atoms with E-state index in [-0.39, 0.29) is 0 Å². The van der Waals surface area contributed by atoms with Gasteiger partial charge in [0.05, 0.1) is 26.4 Å². The standard InChI is InChI=1S/C17H21N3O2.C12H16BrNO2.C5H7BN2O2/c18-17-5-4-15(13-19-17)14-2-1-3-16(12-14)22-11-8-20-6-9-21-10-7-20;13-11-2-1-3-12(10-11)16-9-6-14-4-7-15-8-5-14;7-5-2-1-4(3-8-5)6(9)10/h1-5,12-13H,6-11H2,(H2,18,19);1-3,10H,4-9H2;1-3,9-10H,(H2,7,8). The third-order valence-corrected chi connectivity index (χ3v) is 7.91. The maximum Gasteiger partial charge on any atom is 0.490 e. The number of halogens is 1. The summed E-state index contributed by atoms with van der Waals surface area (Å²) in [7, 11) is -1.46. The molecule has 0 atom stereocenters. The molecule has 2 aliphatic rings. The minimum Gasteiger partial charge on any atom is -0.492 e. The summed E-state index contributed by atoms with van der Waals surface area (Å²) in [6, 6.07) is 22.8. The van der Waals surface area contributed by atoms with Crippen molar-refractivity contribution in [2.24, 2.45) is 0 Å². The van der Waals surface area contributed by atoms with Crippen LogP contribution < -0.4 is 26.4 Å². The molecule has 0 saturated carbocycles. The molecular formula is C34H44BBrN6O6. The lowest BCUT2D eigenvalue weighted by Gasteiger charge is -2.26. The van der Waals surface area contributed by atoms with Crippen molar-refractivity contribution in [3.8, 4) is 22.6 Å². The van der Waals surface area contributed by atoms with Crippen molar-refractivity contribution in [3.63, 3.8) is 0 Å². The zero-order chi connectivity index (χ0) is 34.0. The number of hydrogen-bond acceptors (Lipinski definition) is 12. The van der Waals surface area contributed by atoms with Crippen molar-refractivity contribution in [1.29, 1.82) is 0 Å². The lowest BCUT2D eigenvalue weighted by atomic mass is 9.82. The highest BCUT2D eigenvalue weighted by molar-refractivity contribution is 9.10. The van der Waals surface area contributed by atoms with Crippen LogP contribution in [-0.4, -0.2) is 116 Å². The smallest absolute Gasteiger partial charge is 0.490 e. The van der Waals surface area contributed by atoms with Crippen molar-refractivity contribution in [2.75, 3.05) is 90.4 Å². The van der Waals surface area contributed by atoms with Gasteiger partial charge < -0.3 is 40.5 Å². The van der Waals surface area contributed by atoms with Crippen molar-refractivity contribution in [2.45, 2.75) is 0 Å². The number of benzene rings is 2. The molecule has 0 radical (unpaired) electrons. The van der Waals surface area contributed by atoms with Crippen molar-refractivity contribution in [1.82, 2.24) is 19.8 Å². The van der Waals surface area contributed by atoms with E-state index in [9.17, 15) is 0 Å².